The second kappa shape index (κ2) is 5.99. The number of ether oxygens (including phenoxy) is 1. The van der Waals surface area contributed by atoms with Crippen LogP contribution in [0.1, 0.15) is 27.7 Å². The Labute approximate surface area is 121 Å². The third kappa shape index (κ3) is 3.93. The summed E-state index contributed by atoms with van der Waals surface area (Å²) in [6.45, 7) is 8.24. The fourth-order valence-electron chi connectivity index (χ4n) is 2.33. The molecule has 0 aromatic rings. The van der Waals surface area contributed by atoms with Crippen LogP contribution in [0.15, 0.2) is 0 Å². The molecule has 1 heterocycles. The zero-order valence-corrected chi connectivity index (χ0v) is 14.0. The van der Waals surface area contributed by atoms with E-state index in [1.807, 2.05) is 13.8 Å². The van der Waals surface area contributed by atoms with Gasteiger partial charge in [-0.3, -0.25) is 4.79 Å². The van der Waals surface area contributed by atoms with E-state index < -0.39 is 15.6 Å². The maximum absolute atomic E-state index is 12.2. The van der Waals surface area contributed by atoms with E-state index in [-0.39, 0.29) is 23.8 Å². The molecule has 0 unspecified atom stereocenters. The molecule has 0 bridgehead atoms. The molecule has 1 amide bonds. The van der Waals surface area contributed by atoms with Gasteiger partial charge in [0.15, 0.2) is 0 Å². The largest absolute Gasteiger partial charge is 0.369 e. The molecule has 0 aromatic heterocycles. The topological polar surface area (TPSA) is 75.7 Å². The van der Waals surface area contributed by atoms with Crippen LogP contribution in [-0.2, 0) is 19.6 Å². The Morgan fingerprint density at radius 2 is 1.90 bits per heavy atom. The molecule has 1 N–H and O–H groups in total. The van der Waals surface area contributed by atoms with E-state index in [4.69, 9.17) is 4.74 Å². The fourth-order valence-corrected chi connectivity index (χ4v) is 3.20. The number of hydrogen-bond acceptors (Lipinski definition) is 4. The quantitative estimate of drug-likeness (QED) is 0.800. The highest BCUT2D eigenvalue weighted by Crippen LogP contribution is 2.26. The lowest BCUT2D eigenvalue weighted by molar-refractivity contribution is -0.140. The Bertz CT molecular complexity index is 459. The Balaban J connectivity index is 2.85. The van der Waals surface area contributed by atoms with E-state index >= 15 is 0 Å². The number of carbonyl (C=O) groups is 1. The van der Waals surface area contributed by atoms with Crippen LogP contribution >= 0.6 is 0 Å². The van der Waals surface area contributed by atoms with E-state index in [0.29, 0.717) is 13.1 Å². The summed E-state index contributed by atoms with van der Waals surface area (Å²) in [5.41, 5.74) is -0.917. The first-order valence-electron chi connectivity index (χ1n) is 6.80. The van der Waals surface area contributed by atoms with Crippen molar-refractivity contribution in [3.05, 3.63) is 0 Å². The van der Waals surface area contributed by atoms with E-state index in [9.17, 15) is 13.2 Å². The minimum Gasteiger partial charge on any atom is -0.369 e. The predicted molar refractivity (Wildman–Crippen MR) is 77.8 cm³/mol. The highest BCUT2D eigenvalue weighted by Gasteiger charge is 2.41. The number of hydrogen-bond donors (Lipinski definition) is 1. The monoisotopic (exact) mass is 306 g/mol. The molecule has 0 radical (unpaired) electrons. The van der Waals surface area contributed by atoms with Crippen molar-refractivity contribution in [3.8, 4) is 0 Å². The number of amides is 1. The number of nitrogens with zero attached hydrogens (tertiary/aromatic N) is 1. The number of methoxy groups -OCH3 is 1. The molecule has 20 heavy (non-hydrogen) atoms. The minimum absolute atomic E-state index is 0.112. The van der Waals surface area contributed by atoms with Gasteiger partial charge in [0.05, 0.1) is 6.26 Å². The van der Waals surface area contributed by atoms with Gasteiger partial charge in [-0.15, -0.1) is 0 Å². The third-order valence-corrected chi connectivity index (χ3v) is 5.27. The Kier molecular flexibility index (Phi) is 5.21. The summed E-state index contributed by atoms with van der Waals surface area (Å²) < 4.78 is 29.9. The van der Waals surface area contributed by atoms with Gasteiger partial charge < -0.3 is 10.1 Å². The number of nitrogens with one attached hydrogen (secondary N) is 1. The molecule has 0 aromatic carbocycles. The fraction of sp³-hybridized carbons (Fsp3) is 0.923. The summed E-state index contributed by atoms with van der Waals surface area (Å²) in [6, 6.07) is -0.174. The number of rotatable bonds is 5. The predicted octanol–water partition coefficient (Wildman–Crippen LogP) is 0.444. The van der Waals surface area contributed by atoms with E-state index in [0.717, 1.165) is 0 Å². The number of sulfonamides is 1. The normalized spacial score (nSPS) is 25.1. The van der Waals surface area contributed by atoms with Crippen molar-refractivity contribution >= 4 is 15.9 Å². The van der Waals surface area contributed by atoms with Crippen molar-refractivity contribution < 1.29 is 17.9 Å². The second-order valence-corrected chi connectivity index (χ2v) is 8.26. The molecule has 1 saturated heterocycles. The molecule has 1 aliphatic rings. The van der Waals surface area contributed by atoms with E-state index in [1.54, 1.807) is 13.8 Å². The summed E-state index contributed by atoms with van der Waals surface area (Å²) in [5, 5.41) is 2.93. The molecular formula is C13H26N2O4S. The highest BCUT2D eigenvalue weighted by molar-refractivity contribution is 7.88. The summed E-state index contributed by atoms with van der Waals surface area (Å²) in [5.74, 6) is 0.185. The molecule has 118 valence electrons. The zero-order valence-electron chi connectivity index (χ0n) is 13.1. The summed E-state index contributed by atoms with van der Waals surface area (Å²) in [6.07, 6.45) is 1.20. The van der Waals surface area contributed by atoms with Gasteiger partial charge in [-0.1, -0.05) is 13.8 Å². The lowest BCUT2D eigenvalue weighted by Crippen LogP contribution is -2.51. The standard InChI is InChI=1S/C13H26N2O4S/c1-9(2)10-7-15(20(6,17)18)8-11(10)14-12(16)13(3,4)19-5/h9-11H,7-8H2,1-6H3,(H,14,16)/t10-,11+/m1/s1. The van der Waals surface area contributed by atoms with Gasteiger partial charge in [0.2, 0.25) is 10.0 Å². The molecule has 7 heteroatoms. The lowest BCUT2D eigenvalue weighted by Gasteiger charge is -2.28. The molecule has 6 nitrogen and oxygen atoms in total. The van der Waals surface area contributed by atoms with Crippen LogP contribution in [0.4, 0.5) is 0 Å². The Morgan fingerprint density at radius 1 is 1.35 bits per heavy atom. The van der Waals surface area contributed by atoms with Gasteiger partial charge in [0, 0.05) is 26.2 Å². The van der Waals surface area contributed by atoms with Crippen LogP contribution in [0.3, 0.4) is 0 Å². The maximum Gasteiger partial charge on any atom is 0.251 e. The van der Waals surface area contributed by atoms with Crippen LogP contribution in [0, 0.1) is 11.8 Å². The van der Waals surface area contributed by atoms with Crippen molar-refractivity contribution in [1.82, 2.24) is 9.62 Å². The molecule has 0 saturated carbocycles. The van der Waals surface area contributed by atoms with Crippen LogP contribution < -0.4 is 5.32 Å². The number of carbonyl (C=O) groups excluding carboxylic acids is 1. The van der Waals surface area contributed by atoms with Crippen molar-refractivity contribution in [2.24, 2.45) is 11.8 Å². The first-order chi connectivity index (χ1) is 8.99. The average Bonchev–Trinajstić information content (AvgIpc) is 2.72. The summed E-state index contributed by atoms with van der Waals surface area (Å²) in [4.78, 5) is 12.2. The first kappa shape index (κ1) is 17.4. The van der Waals surface area contributed by atoms with E-state index in [2.05, 4.69) is 5.32 Å². The lowest BCUT2D eigenvalue weighted by atomic mass is 9.91. The van der Waals surface area contributed by atoms with Crippen LogP contribution in [0.2, 0.25) is 0 Å². The van der Waals surface area contributed by atoms with Crippen LogP contribution in [0.25, 0.3) is 0 Å². The van der Waals surface area contributed by atoms with Crippen molar-refractivity contribution in [1.29, 1.82) is 0 Å². The van der Waals surface area contributed by atoms with Crippen molar-refractivity contribution in [2.75, 3.05) is 26.5 Å². The smallest absolute Gasteiger partial charge is 0.251 e. The molecule has 1 aliphatic heterocycles. The average molecular weight is 306 g/mol. The third-order valence-electron chi connectivity index (χ3n) is 4.03. The van der Waals surface area contributed by atoms with Gasteiger partial charge in [-0.25, -0.2) is 8.42 Å². The molecule has 0 spiro atoms. The van der Waals surface area contributed by atoms with Crippen LogP contribution in [0.5, 0.6) is 0 Å². The molecule has 2 atom stereocenters. The minimum atomic E-state index is -3.23. The van der Waals surface area contributed by atoms with Gasteiger partial charge in [0.25, 0.3) is 5.91 Å². The Morgan fingerprint density at radius 3 is 2.30 bits per heavy atom. The van der Waals surface area contributed by atoms with Gasteiger partial charge in [0.1, 0.15) is 5.60 Å². The van der Waals surface area contributed by atoms with Gasteiger partial charge in [-0.2, -0.15) is 4.31 Å². The van der Waals surface area contributed by atoms with Crippen molar-refractivity contribution in [3.63, 3.8) is 0 Å². The Hall–Kier alpha value is -0.660. The van der Waals surface area contributed by atoms with E-state index in [1.165, 1.54) is 17.7 Å². The van der Waals surface area contributed by atoms with Crippen LogP contribution in [-0.4, -0.2) is 56.7 Å². The summed E-state index contributed by atoms with van der Waals surface area (Å²) >= 11 is 0. The molecule has 1 rings (SSSR count). The molecular weight excluding hydrogens is 280 g/mol. The molecule has 0 aliphatic carbocycles. The summed E-state index contributed by atoms with van der Waals surface area (Å²) in [7, 11) is -1.74. The highest BCUT2D eigenvalue weighted by atomic mass is 32.2. The maximum atomic E-state index is 12.2. The van der Waals surface area contributed by atoms with Gasteiger partial charge in [-0.05, 0) is 25.7 Å². The first-order valence-corrected chi connectivity index (χ1v) is 8.65. The SMILES string of the molecule is COC(C)(C)C(=O)N[C@H]1CN(S(C)(=O)=O)C[C@@H]1C(C)C. The molecule has 1 fully saturated rings. The van der Waals surface area contributed by atoms with Gasteiger partial charge >= 0.3 is 0 Å². The zero-order chi connectivity index (χ0) is 15.7. The van der Waals surface area contributed by atoms with Crippen molar-refractivity contribution in [2.45, 2.75) is 39.3 Å². The second-order valence-electron chi connectivity index (χ2n) is 6.28.